The standard InChI is InChI=1S/C22H21FN8O2/c1-24-20-15(8-13(32-3)11-31(20)25-2)17-10-27-22(30-12-28-29-21(17)30)26-9-16-14-6-7-33-19(14)5-4-18(16)23/h4-5,8,10-12H,2,6-7,9H2,1,3H3,(H,26,27)/b24-20-. The summed E-state index contributed by atoms with van der Waals surface area (Å²) in [5.41, 5.74) is 3.92. The predicted molar refractivity (Wildman–Crippen MR) is 120 cm³/mol. The van der Waals surface area contributed by atoms with Gasteiger partial charge in [0.2, 0.25) is 5.95 Å². The summed E-state index contributed by atoms with van der Waals surface area (Å²) in [4.78, 5) is 8.91. The topological polar surface area (TPSA) is 103 Å². The highest BCUT2D eigenvalue weighted by Crippen LogP contribution is 2.31. The molecule has 1 aliphatic rings. The number of benzene rings is 1. The van der Waals surface area contributed by atoms with Crippen LogP contribution in [0.1, 0.15) is 11.1 Å². The summed E-state index contributed by atoms with van der Waals surface area (Å²) in [7, 11) is 3.23. The number of nitrogens with one attached hydrogen (secondary N) is 1. The lowest BCUT2D eigenvalue weighted by atomic mass is 10.0. The fraction of sp³-hybridized carbons (Fsp3) is 0.227. The number of methoxy groups -OCH3 is 1. The van der Waals surface area contributed by atoms with Gasteiger partial charge in [-0.15, -0.1) is 10.2 Å². The van der Waals surface area contributed by atoms with Crippen LogP contribution in [0.3, 0.4) is 0 Å². The van der Waals surface area contributed by atoms with Crippen LogP contribution in [0.15, 0.2) is 47.0 Å². The van der Waals surface area contributed by atoms with Crippen molar-refractivity contribution in [3.05, 3.63) is 59.4 Å². The van der Waals surface area contributed by atoms with Crippen molar-refractivity contribution >= 4 is 18.3 Å². The van der Waals surface area contributed by atoms with Crippen molar-refractivity contribution in [2.24, 2.45) is 10.1 Å². The van der Waals surface area contributed by atoms with Crippen LogP contribution in [0.25, 0.3) is 16.8 Å². The Hall–Kier alpha value is -4.28. The molecule has 4 heterocycles. The lowest BCUT2D eigenvalue weighted by Crippen LogP contribution is -2.20. The third-order valence-corrected chi connectivity index (χ3v) is 5.58. The monoisotopic (exact) mass is 448 g/mol. The van der Waals surface area contributed by atoms with Crippen molar-refractivity contribution in [3.8, 4) is 22.6 Å². The number of ether oxygens (including phenoxy) is 2. The van der Waals surface area contributed by atoms with E-state index in [4.69, 9.17) is 9.47 Å². The first-order chi connectivity index (χ1) is 16.1. The molecule has 5 rings (SSSR count). The molecule has 0 saturated heterocycles. The number of hydrogen-bond acceptors (Lipinski definition) is 8. The molecule has 0 bridgehead atoms. The number of aromatic nitrogens is 5. The van der Waals surface area contributed by atoms with Gasteiger partial charge in [-0.05, 0) is 18.2 Å². The molecule has 168 valence electrons. The molecular formula is C22H21FN8O2. The van der Waals surface area contributed by atoms with E-state index in [1.54, 1.807) is 43.3 Å². The number of halogens is 1. The van der Waals surface area contributed by atoms with E-state index in [0.29, 0.717) is 52.6 Å². The average Bonchev–Trinajstić information content (AvgIpc) is 3.52. The molecule has 0 amide bonds. The van der Waals surface area contributed by atoms with Gasteiger partial charge in [-0.1, -0.05) is 0 Å². The molecule has 0 aliphatic carbocycles. The number of pyridine rings is 1. The van der Waals surface area contributed by atoms with Gasteiger partial charge in [-0.2, -0.15) is 5.10 Å². The Bertz CT molecular complexity index is 1440. The van der Waals surface area contributed by atoms with Crippen LogP contribution in [-0.4, -0.2) is 51.7 Å². The zero-order valence-electron chi connectivity index (χ0n) is 18.1. The van der Waals surface area contributed by atoms with E-state index in [2.05, 4.69) is 37.3 Å². The molecule has 1 N–H and O–H groups in total. The fourth-order valence-electron chi connectivity index (χ4n) is 4.00. The van der Waals surface area contributed by atoms with Crippen molar-refractivity contribution in [2.45, 2.75) is 13.0 Å². The van der Waals surface area contributed by atoms with Crippen molar-refractivity contribution in [1.29, 1.82) is 0 Å². The Balaban J connectivity index is 1.57. The average molecular weight is 448 g/mol. The Kier molecular flexibility index (Phi) is 5.21. The molecule has 11 heteroatoms. The van der Waals surface area contributed by atoms with Crippen molar-refractivity contribution in [3.63, 3.8) is 0 Å². The largest absolute Gasteiger partial charge is 0.495 e. The van der Waals surface area contributed by atoms with Gasteiger partial charge in [0.05, 0.1) is 19.9 Å². The van der Waals surface area contributed by atoms with Gasteiger partial charge in [0.15, 0.2) is 11.1 Å². The minimum Gasteiger partial charge on any atom is -0.495 e. The summed E-state index contributed by atoms with van der Waals surface area (Å²) in [5.74, 6) is 1.49. The quantitative estimate of drug-likeness (QED) is 0.454. The van der Waals surface area contributed by atoms with Crippen molar-refractivity contribution < 1.29 is 13.9 Å². The van der Waals surface area contributed by atoms with Gasteiger partial charge in [0.1, 0.15) is 23.6 Å². The zero-order valence-corrected chi connectivity index (χ0v) is 18.1. The van der Waals surface area contributed by atoms with Gasteiger partial charge in [0.25, 0.3) is 0 Å². The Labute approximate surface area is 188 Å². The van der Waals surface area contributed by atoms with Gasteiger partial charge in [0, 0.05) is 55.2 Å². The van der Waals surface area contributed by atoms with Crippen LogP contribution in [0.4, 0.5) is 10.3 Å². The first kappa shape index (κ1) is 20.6. The van der Waals surface area contributed by atoms with E-state index in [1.165, 1.54) is 10.7 Å². The van der Waals surface area contributed by atoms with E-state index >= 15 is 0 Å². The first-order valence-electron chi connectivity index (χ1n) is 10.2. The third kappa shape index (κ3) is 3.47. The smallest absolute Gasteiger partial charge is 0.210 e. The summed E-state index contributed by atoms with van der Waals surface area (Å²) in [6.07, 6.45) is 5.57. The summed E-state index contributed by atoms with van der Waals surface area (Å²) >= 11 is 0. The molecule has 4 aromatic rings. The molecule has 1 aliphatic heterocycles. The second kappa shape index (κ2) is 8.34. The van der Waals surface area contributed by atoms with Crippen molar-refractivity contribution in [1.82, 2.24) is 24.3 Å². The van der Waals surface area contributed by atoms with Gasteiger partial charge >= 0.3 is 0 Å². The van der Waals surface area contributed by atoms with Crippen LogP contribution in [-0.2, 0) is 13.0 Å². The van der Waals surface area contributed by atoms with E-state index in [0.717, 1.165) is 11.3 Å². The molecule has 33 heavy (non-hydrogen) atoms. The normalized spacial score (nSPS) is 13.1. The van der Waals surface area contributed by atoms with E-state index in [1.807, 2.05) is 6.07 Å². The summed E-state index contributed by atoms with van der Waals surface area (Å²) in [5, 5.41) is 15.5. The molecule has 0 unspecified atom stereocenters. The summed E-state index contributed by atoms with van der Waals surface area (Å²) < 4.78 is 28.7. The van der Waals surface area contributed by atoms with E-state index < -0.39 is 0 Å². The molecule has 0 fully saturated rings. The maximum Gasteiger partial charge on any atom is 0.210 e. The van der Waals surface area contributed by atoms with Gasteiger partial charge in [-0.25, -0.2) is 14.1 Å². The SMILES string of the molecule is C=Nn1cc(OC)cc(-c2cnc(NCc3c(F)ccc4c3CCO4)n3cnnc23)/c1=N/C. The summed E-state index contributed by atoms with van der Waals surface area (Å²) in [6, 6.07) is 4.92. The van der Waals surface area contributed by atoms with Crippen molar-refractivity contribution in [2.75, 3.05) is 26.1 Å². The molecule has 3 aromatic heterocycles. The maximum atomic E-state index is 14.5. The van der Waals surface area contributed by atoms with Gasteiger partial charge in [-0.3, -0.25) is 9.39 Å². The second-order valence-corrected chi connectivity index (χ2v) is 7.30. The Morgan fingerprint density at radius 3 is 3.00 bits per heavy atom. The predicted octanol–water partition coefficient (Wildman–Crippen LogP) is 2.28. The third-order valence-electron chi connectivity index (χ3n) is 5.58. The van der Waals surface area contributed by atoms with Crippen LogP contribution >= 0.6 is 0 Å². The highest BCUT2D eigenvalue weighted by molar-refractivity contribution is 5.77. The zero-order chi connectivity index (χ0) is 22.9. The Morgan fingerprint density at radius 2 is 2.21 bits per heavy atom. The summed E-state index contributed by atoms with van der Waals surface area (Å²) in [6.45, 7) is 4.40. The second-order valence-electron chi connectivity index (χ2n) is 7.30. The number of rotatable bonds is 6. The molecule has 0 radical (unpaired) electrons. The molecular weight excluding hydrogens is 427 g/mol. The number of fused-ring (bicyclic) bond motifs is 2. The molecule has 1 aromatic carbocycles. The van der Waals surface area contributed by atoms with Crippen LogP contribution in [0, 0.1) is 5.82 Å². The number of nitrogens with zero attached hydrogens (tertiary/aromatic N) is 7. The number of hydrogen-bond donors (Lipinski definition) is 1. The highest BCUT2D eigenvalue weighted by Gasteiger charge is 2.20. The number of anilines is 1. The molecule has 0 atom stereocenters. The van der Waals surface area contributed by atoms with Gasteiger partial charge < -0.3 is 14.8 Å². The molecule has 10 nitrogen and oxygen atoms in total. The van der Waals surface area contributed by atoms with Crippen LogP contribution in [0.2, 0.25) is 0 Å². The van der Waals surface area contributed by atoms with E-state index in [-0.39, 0.29) is 12.4 Å². The lowest BCUT2D eigenvalue weighted by molar-refractivity contribution is 0.356. The van der Waals surface area contributed by atoms with Crippen LogP contribution in [0.5, 0.6) is 11.5 Å². The minimum absolute atomic E-state index is 0.243. The minimum atomic E-state index is -0.282. The molecule has 0 saturated carbocycles. The first-order valence-corrected chi connectivity index (χ1v) is 10.2. The molecule has 0 spiro atoms. The lowest BCUT2D eigenvalue weighted by Gasteiger charge is -2.13. The fourth-order valence-corrected chi connectivity index (χ4v) is 4.00. The van der Waals surface area contributed by atoms with E-state index in [9.17, 15) is 4.39 Å². The van der Waals surface area contributed by atoms with Crippen LogP contribution < -0.4 is 20.3 Å². The highest BCUT2D eigenvalue weighted by atomic mass is 19.1. The maximum absolute atomic E-state index is 14.5. The Morgan fingerprint density at radius 1 is 1.33 bits per heavy atom.